The first kappa shape index (κ1) is 27.4. The Kier molecular flexibility index (Phi) is 8.76. The van der Waals surface area contributed by atoms with Gasteiger partial charge in [-0.15, -0.1) is 0 Å². The van der Waals surface area contributed by atoms with E-state index >= 15 is 0 Å². The van der Waals surface area contributed by atoms with Crippen molar-refractivity contribution in [1.29, 1.82) is 0 Å². The highest BCUT2D eigenvalue weighted by Crippen LogP contribution is 2.24. The SMILES string of the molecule is O=C(O)C[C@@H](CCCc1ccc2ccccc2c1)C(=O)NC1Cc2cn(c3ccccc23)CCOCCNC1=O. The standard InChI is InChI=1S/C32H35N3O5/c36-30(37)20-25(9-5-6-22-12-13-23-7-1-2-8-24(23)18-22)31(38)34-28-19-26-21-35(29-11-4-3-10-27(26)29)15-17-40-16-14-33-32(28)39/h1-4,7-8,10-13,18,21,25,28H,5-6,9,14-17,19-20H2,(H,33,39)(H,34,38)(H,36,37)/t25-,28?/m1/s1. The highest BCUT2D eigenvalue weighted by Gasteiger charge is 2.28. The second kappa shape index (κ2) is 12.8. The fraction of sp³-hybridized carbons (Fsp3) is 0.344. The topological polar surface area (TPSA) is 110 Å². The van der Waals surface area contributed by atoms with Gasteiger partial charge in [-0.3, -0.25) is 14.4 Å². The lowest BCUT2D eigenvalue weighted by Crippen LogP contribution is -2.50. The van der Waals surface area contributed by atoms with Crippen molar-refractivity contribution in [1.82, 2.24) is 15.2 Å². The van der Waals surface area contributed by atoms with E-state index in [1.165, 1.54) is 5.39 Å². The summed E-state index contributed by atoms with van der Waals surface area (Å²) in [6, 6.07) is 21.6. The fourth-order valence-electron chi connectivity index (χ4n) is 5.51. The zero-order valence-corrected chi connectivity index (χ0v) is 22.5. The summed E-state index contributed by atoms with van der Waals surface area (Å²) in [6.45, 7) is 1.92. The largest absolute Gasteiger partial charge is 0.481 e. The second-order valence-corrected chi connectivity index (χ2v) is 10.4. The molecule has 208 valence electrons. The van der Waals surface area contributed by atoms with Crippen LogP contribution in [0.4, 0.5) is 0 Å². The lowest BCUT2D eigenvalue weighted by molar-refractivity contribution is -0.141. The quantitative estimate of drug-likeness (QED) is 0.311. The Morgan fingerprint density at radius 3 is 2.70 bits per heavy atom. The summed E-state index contributed by atoms with van der Waals surface area (Å²) in [5.74, 6) is -2.49. The van der Waals surface area contributed by atoms with Gasteiger partial charge in [-0.25, -0.2) is 0 Å². The van der Waals surface area contributed by atoms with Gasteiger partial charge in [0.1, 0.15) is 6.04 Å². The van der Waals surface area contributed by atoms with Crippen LogP contribution in [0, 0.1) is 5.92 Å². The van der Waals surface area contributed by atoms with Gasteiger partial charge in [0.2, 0.25) is 11.8 Å². The monoisotopic (exact) mass is 541 g/mol. The maximum atomic E-state index is 13.4. The van der Waals surface area contributed by atoms with Crippen molar-refractivity contribution in [3.8, 4) is 0 Å². The van der Waals surface area contributed by atoms with Crippen LogP contribution in [-0.2, 0) is 38.5 Å². The van der Waals surface area contributed by atoms with E-state index in [0.717, 1.165) is 33.8 Å². The Morgan fingerprint density at radius 1 is 1.05 bits per heavy atom. The molecule has 4 aromatic rings. The third-order valence-corrected chi connectivity index (χ3v) is 7.57. The van der Waals surface area contributed by atoms with Crippen LogP contribution in [0.1, 0.15) is 30.4 Å². The number of para-hydroxylation sites is 1. The highest BCUT2D eigenvalue weighted by molar-refractivity contribution is 5.91. The van der Waals surface area contributed by atoms with E-state index in [9.17, 15) is 19.5 Å². The van der Waals surface area contributed by atoms with Crippen molar-refractivity contribution < 1.29 is 24.2 Å². The molecule has 1 unspecified atom stereocenters. The van der Waals surface area contributed by atoms with E-state index < -0.39 is 23.8 Å². The minimum atomic E-state index is -1.03. The van der Waals surface area contributed by atoms with Crippen molar-refractivity contribution in [2.45, 2.75) is 44.7 Å². The van der Waals surface area contributed by atoms with Gasteiger partial charge in [0, 0.05) is 42.5 Å². The van der Waals surface area contributed by atoms with Crippen LogP contribution < -0.4 is 10.6 Å². The lowest BCUT2D eigenvalue weighted by atomic mass is 9.94. The van der Waals surface area contributed by atoms with E-state index in [2.05, 4.69) is 45.5 Å². The van der Waals surface area contributed by atoms with E-state index in [1.54, 1.807) is 0 Å². The molecule has 0 saturated heterocycles. The molecule has 5 rings (SSSR count). The number of rotatable bonds is 8. The Morgan fingerprint density at radius 2 is 1.85 bits per heavy atom. The van der Waals surface area contributed by atoms with Gasteiger partial charge < -0.3 is 25.0 Å². The summed E-state index contributed by atoms with van der Waals surface area (Å²) in [7, 11) is 0. The van der Waals surface area contributed by atoms with Crippen molar-refractivity contribution in [3.05, 3.63) is 84.1 Å². The van der Waals surface area contributed by atoms with E-state index in [-0.39, 0.29) is 12.3 Å². The molecule has 8 nitrogen and oxygen atoms in total. The lowest BCUT2D eigenvalue weighted by Gasteiger charge is -2.22. The number of aromatic nitrogens is 1. The van der Waals surface area contributed by atoms with E-state index in [1.807, 2.05) is 42.6 Å². The minimum absolute atomic E-state index is 0.287. The maximum absolute atomic E-state index is 13.4. The molecule has 0 spiro atoms. The molecule has 2 atom stereocenters. The molecule has 1 aliphatic heterocycles. The normalized spacial score (nSPS) is 17.0. The molecule has 2 heterocycles. The van der Waals surface area contributed by atoms with Crippen LogP contribution in [-0.4, -0.2) is 53.3 Å². The van der Waals surface area contributed by atoms with Gasteiger partial charge in [-0.2, -0.15) is 0 Å². The fourth-order valence-corrected chi connectivity index (χ4v) is 5.51. The summed E-state index contributed by atoms with van der Waals surface area (Å²) >= 11 is 0. The third kappa shape index (κ3) is 6.69. The van der Waals surface area contributed by atoms with Crippen LogP contribution in [0.25, 0.3) is 21.7 Å². The second-order valence-electron chi connectivity index (χ2n) is 10.4. The molecule has 3 aromatic carbocycles. The molecule has 1 aromatic heterocycles. The number of carbonyl (C=O) groups excluding carboxylic acids is 2. The predicted molar refractivity (Wildman–Crippen MR) is 154 cm³/mol. The van der Waals surface area contributed by atoms with Crippen LogP contribution in [0.5, 0.6) is 0 Å². The molecule has 2 bridgehead atoms. The zero-order chi connectivity index (χ0) is 27.9. The molecule has 8 heteroatoms. The van der Waals surface area contributed by atoms with E-state index in [4.69, 9.17) is 4.74 Å². The summed E-state index contributed by atoms with van der Waals surface area (Å²) in [5.41, 5.74) is 3.14. The van der Waals surface area contributed by atoms with Crippen molar-refractivity contribution in [2.24, 2.45) is 5.92 Å². The average molecular weight is 542 g/mol. The first-order valence-corrected chi connectivity index (χ1v) is 13.9. The number of fused-ring (bicyclic) bond motifs is 6. The van der Waals surface area contributed by atoms with Gasteiger partial charge >= 0.3 is 5.97 Å². The van der Waals surface area contributed by atoms with Crippen LogP contribution >= 0.6 is 0 Å². The molecule has 0 aliphatic carbocycles. The summed E-state index contributed by atoms with van der Waals surface area (Å²) in [6.07, 6.45) is 3.84. The Hall–Kier alpha value is -4.17. The molecule has 3 N–H and O–H groups in total. The molecule has 2 amide bonds. The smallest absolute Gasteiger partial charge is 0.304 e. The molecule has 0 saturated carbocycles. The Labute approximate surface area is 233 Å². The zero-order valence-electron chi connectivity index (χ0n) is 22.5. The van der Waals surface area contributed by atoms with Gasteiger partial charge in [0.15, 0.2) is 0 Å². The number of aryl methyl sites for hydroxylation is 1. The summed E-state index contributed by atoms with van der Waals surface area (Å²) in [5, 5.41) is 18.6. The van der Waals surface area contributed by atoms with Crippen molar-refractivity contribution in [2.75, 3.05) is 19.8 Å². The molecular formula is C32H35N3O5. The third-order valence-electron chi connectivity index (χ3n) is 7.57. The number of nitrogens with zero attached hydrogens (tertiary/aromatic N) is 1. The summed E-state index contributed by atoms with van der Waals surface area (Å²) < 4.78 is 7.80. The Balaban J connectivity index is 1.30. The number of carboxylic acid groups (broad SMARTS) is 1. The molecule has 1 aliphatic rings. The number of ether oxygens (including phenoxy) is 1. The number of amides is 2. The number of carbonyl (C=O) groups is 3. The molecule has 0 fully saturated rings. The Bertz CT molecular complexity index is 1510. The van der Waals surface area contributed by atoms with Gasteiger partial charge in [0.25, 0.3) is 0 Å². The summed E-state index contributed by atoms with van der Waals surface area (Å²) in [4.78, 5) is 38.3. The first-order valence-electron chi connectivity index (χ1n) is 13.9. The number of benzene rings is 3. The molecule has 0 radical (unpaired) electrons. The number of nitrogens with one attached hydrogen (secondary N) is 2. The predicted octanol–water partition coefficient (Wildman–Crippen LogP) is 4.08. The van der Waals surface area contributed by atoms with Crippen LogP contribution in [0.2, 0.25) is 0 Å². The van der Waals surface area contributed by atoms with Crippen LogP contribution in [0.15, 0.2) is 72.9 Å². The van der Waals surface area contributed by atoms with Crippen molar-refractivity contribution >= 4 is 39.5 Å². The first-order chi connectivity index (χ1) is 19.5. The minimum Gasteiger partial charge on any atom is -0.481 e. The average Bonchev–Trinajstić information content (AvgIpc) is 3.30. The number of carboxylic acids is 1. The van der Waals surface area contributed by atoms with E-state index in [0.29, 0.717) is 45.6 Å². The number of hydrogen-bond acceptors (Lipinski definition) is 4. The highest BCUT2D eigenvalue weighted by atomic mass is 16.5. The van der Waals surface area contributed by atoms with Gasteiger partial charge in [-0.1, -0.05) is 60.7 Å². The van der Waals surface area contributed by atoms with Crippen LogP contribution in [0.3, 0.4) is 0 Å². The number of aliphatic carboxylic acids is 1. The van der Waals surface area contributed by atoms with Gasteiger partial charge in [0.05, 0.1) is 19.6 Å². The number of hydrogen-bond donors (Lipinski definition) is 3. The maximum Gasteiger partial charge on any atom is 0.304 e. The van der Waals surface area contributed by atoms with Crippen molar-refractivity contribution in [3.63, 3.8) is 0 Å². The molecular weight excluding hydrogens is 506 g/mol. The molecule has 40 heavy (non-hydrogen) atoms. The van der Waals surface area contributed by atoms with Gasteiger partial charge in [-0.05, 0) is 47.2 Å².